The molecule has 0 spiro atoms. The van der Waals surface area contributed by atoms with Gasteiger partial charge in [0.2, 0.25) is 0 Å². The molecule has 2 aromatic rings. The Morgan fingerprint density at radius 2 is 1.96 bits per heavy atom. The highest BCUT2D eigenvalue weighted by Crippen LogP contribution is 2.24. The van der Waals surface area contributed by atoms with Crippen molar-refractivity contribution in [1.29, 1.82) is 0 Å². The van der Waals surface area contributed by atoms with Crippen molar-refractivity contribution in [2.45, 2.75) is 32.9 Å². The van der Waals surface area contributed by atoms with E-state index in [1.54, 1.807) is 11.3 Å². The number of nitrogens with one attached hydrogen (secondary N) is 2. The van der Waals surface area contributed by atoms with Crippen molar-refractivity contribution in [1.82, 2.24) is 10.6 Å². The second-order valence-corrected chi connectivity index (χ2v) is 6.67. The number of nitrogens with zero attached hydrogens (tertiary/aromatic N) is 1. The first-order valence-corrected chi connectivity index (χ1v) is 8.74. The summed E-state index contributed by atoms with van der Waals surface area (Å²) in [6, 6.07) is 12.1. The number of hydrogen-bond acceptors (Lipinski definition) is 3. The number of guanidine groups is 1. The molecule has 2 rings (SSSR count). The van der Waals surface area contributed by atoms with Crippen LogP contribution in [0.5, 0.6) is 0 Å². The predicted molar refractivity (Wildman–Crippen MR) is 113 cm³/mol. The van der Waals surface area contributed by atoms with Crippen molar-refractivity contribution >= 4 is 41.3 Å². The van der Waals surface area contributed by atoms with Gasteiger partial charge in [-0.15, -0.1) is 35.3 Å². The number of halogens is 1. The number of thiophene rings is 1. The van der Waals surface area contributed by atoms with Crippen molar-refractivity contribution in [2.75, 3.05) is 13.1 Å². The van der Waals surface area contributed by atoms with Gasteiger partial charge in [0.1, 0.15) is 5.60 Å². The van der Waals surface area contributed by atoms with E-state index in [4.69, 9.17) is 0 Å². The van der Waals surface area contributed by atoms with Crippen molar-refractivity contribution in [3.8, 4) is 0 Å². The Morgan fingerprint density at radius 1 is 1.21 bits per heavy atom. The third-order valence-corrected chi connectivity index (χ3v) is 4.79. The normalized spacial score (nSPS) is 13.8. The van der Waals surface area contributed by atoms with E-state index in [2.05, 4.69) is 34.7 Å². The second-order valence-electron chi connectivity index (χ2n) is 5.73. The standard InChI is InChI=1S/C18H25N3OS.HI/c1-4-19-17(20-12-15-9-6-5-8-14(15)2)21-13-18(3,22)16-10-7-11-23-16;/h5-11,22H,4,12-13H2,1-3H3,(H2,19,20,21);1H. The van der Waals surface area contributed by atoms with E-state index in [-0.39, 0.29) is 24.0 Å². The molecule has 0 aliphatic heterocycles. The highest BCUT2D eigenvalue weighted by Gasteiger charge is 2.24. The molecule has 0 saturated heterocycles. The van der Waals surface area contributed by atoms with E-state index in [0.717, 1.165) is 11.4 Å². The summed E-state index contributed by atoms with van der Waals surface area (Å²) in [4.78, 5) is 5.56. The number of benzene rings is 1. The molecule has 1 aromatic heterocycles. The molecule has 3 N–H and O–H groups in total. The number of aryl methyl sites for hydroxylation is 1. The quantitative estimate of drug-likeness (QED) is 0.351. The minimum absolute atomic E-state index is 0. The van der Waals surface area contributed by atoms with Crippen LogP contribution in [0, 0.1) is 6.92 Å². The van der Waals surface area contributed by atoms with Crippen LogP contribution >= 0.6 is 35.3 Å². The number of hydrogen-bond donors (Lipinski definition) is 3. The Balaban J connectivity index is 0.00000288. The van der Waals surface area contributed by atoms with Gasteiger partial charge in [0.05, 0.1) is 13.1 Å². The van der Waals surface area contributed by atoms with Gasteiger partial charge in [-0.05, 0) is 43.3 Å². The maximum absolute atomic E-state index is 10.6. The summed E-state index contributed by atoms with van der Waals surface area (Å²) < 4.78 is 0. The summed E-state index contributed by atoms with van der Waals surface area (Å²) in [5.41, 5.74) is 1.53. The summed E-state index contributed by atoms with van der Waals surface area (Å²) >= 11 is 1.56. The van der Waals surface area contributed by atoms with Gasteiger partial charge in [0.25, 0.3) is 0 Å². The van der Waals surface area contributed by atoms with Crippen molar-refractivity contribution in [3.05, 3.63) is 57.8 Å². The molecule has 1 atom stereocenters. The van der Waals surface area contributed by atoms with Crippen LogP contribution < -0.4 is 10.6 Å². The largest absolute Gasteiger partial charge is 0.383 e. The fourth-order valence-electron chi connectivity index (χ4n) is 2.22. The monoisotopic (exact) mass is 459 g/mol. The molecule has 0 bridgehead atoms. The van der Waals surface area contributed by atoms with Crippen LogP contribution in [-0.4, -0.2) is 24.2 Å². The van der Waals surface area contributed by atoms with Gasteiger partial charge in [-0.3, -0.25) is 0 Å². The molecular formula is C18H26IN3OS. The van der Waals surface area contributed by atoms with Crippen LogP contribution in [-0.2, 0) is 12.1 Å². The summed E-state index contributed by atoms with van der Waals surface area (Å²) in [6.07, 6.45) is 0. The molecule has 0 aliphatic rings. The molecule has 0 radical (unpaired) electrons. The first-order chi connectivity index (χ1) is 11.0. The highest BCUT2D eigenvalue weighted by atomic mass is 127. The SMILES string of the molecule is CCNC(=NCc1ccccc1C)NCC(C)(O)c1cccs1.I. The Hall–Kier alpha value is -1.12. The van der Waals surface area contributed by atoms with E-state index in [0.29, 0.717) is 19.0 Å². The molecule has 4 nitrogen and oxygen atoms in total. The van der Waals surface area contributed by atoms with E-state index in [9.17, 15) is 5.11 Å². The first kappa shape index (κ1) is 20.9. The van der Waals surface area contributed by atoms with Crippen LogP contribution in [0.25, 0.3) is 0 Å². The lowest BCUT2D eigenvalue weighted by Gasteiger charge is -2.23. The third kappa shape index (κ3) is 6.07. The van der Waals surface area contributed by atoms with Crippen LogP contribution in [0.3, 0.4) is 0 Å². The van der Waals surface area contributed by atoms with Gasteiger partial charge >= 0.3 is 0 Å². The molecule has 6 heteroatoms. The lowest BCUT2D eigenvalue weighted by Crippen LogP contribution is -2.44. The van der Waals surface area contributed by atoms with Crippen molar-refractivity contribution < 1.29 is 5.11 Å². The average molecular weight is 459 g/mol. The summed E-state index contributed by atoms with van der Waals surface area (Å²) in [7, 11) is 0. The number of aliphatic hydroxyl groups is 1. The van der Waals surface area contributed by atoms with Gasteiger partial charge in [-0.2, -0.15) is 0 Å². The molecule has 0 fully saturated rings. The van der Waals surface area contributed by atoms with E-state index >= 15 is 0 Å². The lowest BCUT2D eigenvalue weighted by molar-refractivity contribution is 0.0655. The summed E-state index contributed by atoms with van der Waals surface area (Å²) in [6.45, 7) is 7.74. The van der Waals surface area contributed by atoms with Crippen molar-refractivity contribution in [3.63, 3.8) is 0 Å². The fourth-order valence-corrected chi connectivity index (χ4v) is 3.01. The fraction of sp³-hybridized carbons (Fsp3) is 0.389. The maximum atomic E-state index is 10.6. The minimum Gasteiger partial charge on any atom is -0.383 e. The topological polar surface area (TPSA) is 56.7 Å². The molecule has 0 aliphatic carbocycles. The van der Waals surface area contributed by atoms with Crippen LogP contribution in [0.15, 0.2) is 46.8 Å². The molecule has 0 saturated carbocycles. The van der Waals surface area contributed by atoms with Crippen LogP contribution in [0.1, 0.15) is 29.9 Å². The third-order valence-electron chi connectivity index (χ3n) is 3.67. The molecule has 1 heterocycles. The van der Waals surface area contributed by atoms with Crippen molar-refractivity contribution in [2.24, 2.45) is 4.99 Å². The zero-order valence-electron chi connectivity index (χ0n) is 14.4. The van der Waals surface area contributed by atoms with E-state index < -0.39 is 5.60 Å². The maximum Gasteiger partial charge on any atom is 0.191 e. The van der Waals surface area contributed by atoms with Gasteiger partial charge < -0.3 is 15.7 Å². The zero-order chi connectivity index (χ0) is 16.7. The Kier molecular flexibility index (Phi) is 8.72. The zero-order valence-corrected chi connectivity index (χ0v) is 17.5. The first-order valence-electron chi connectivity index (χ1n) is 7.86. The molecular weight excluding hydrogens is 433 g/mol. The Labute approximate surface area is 165 Å². The molecule has 1 unspecified atom stereocenters. The Bertz CT molecular complexity index is 641. The molecule has 0 amide bonds. The van der Waals surface area contributed by atoms with Crippen LogP contribution in [0.4, 0.5) is 0 Å². The molecule has 132 valence electrons. The minimum atomic E-state index is -0.910. The van der Waals surface area contributed by atoms with E-state index in [1.165, 1.54) is 11.1 Å². The predicted octanol–water partition coefficient (Wildman–Crippen LogP) is 3.64. The second kappa shape index (κ2) is 10.0. The number of aliphatic imine (C=N–C) groups is 1. The molecule has 1 aromatic carbocycles. The molecule has 24 heavy (non-hydrogen) atoms. The van der Waals surface area contributed by atoms with Gasteiger partial charge in [-0.25, -0.2) is 4.99 Å². The Morgan fingerprint density at radius 3 is 2.58 bits per heavy atom. The average Bonchev–Trinajstić information content (AvgIpc) is 3.07. The van der Waals surface area contributed by atoms with Gasteiger partial charge in [0.15, 0.2) is 5.96 Å². The lowest BCUT2D eigenvalue weighted by atomic mass is 10.1. The van der Waals surface area contributed by atoms with E-state index in [1.807, 2.05) is 43.5 Å². The summed E-state index contributed by atoms with van der Waals surface area (Å²) in [5.74, 6) is 0.715. The van der Waals surface area contributed by atoms with Gasteiger partial charge in [0, 0.05) is 11.4 Å². The highest BCUT2D eigenvalue weighted by molar-refractivity contribution is 14.0. The summed E-state index contributed by atoms with van der Waals surface area (Å²) in [5, 5.41) is 19.0. The smallest absolute Gasteiger partial charge is 0.191 e. The van der Waals surface area contributed by atoms with Crippen LogP contribution in [0.2, 0.25) is 0 Å². The van der Waals surface area contributed by atoms with Gasteiger partial charge in [-0.1, -0.05) is 30.3 Å². The number of rotatable bonds is 6.